The molecule has 100 valence electrons. The fourth-order valence-corrected chi connectivity index (χ4v) is 1.34. The molecule has 5 nitrogen and oxygen atoms in total. The maximum atomic E-state index is 13.2. The molecule has 0 aliphatic carbocycles. The molecule has 1 atom stereocenters. The molecule has 0 saturated carbocycles. The highest BCUT2D eigenvalue weighted by molar-refractivity contribution is 5.75. The van der Waals surface area contributed by atoms with Gasteiger partial charge in [-0.1, -0.05) is 18.2 Å². The summed E-state index contributed by atoms with van der Waals surface area (Å²) in [6, 6.07) is 6.28. The third-order valence-corrected chi connectivity index (χ3v) is 2.20. The fourth-order valence-electron chi connectivity index (χ4n) is 1.34. The van der Waals surface area contributed by atoms with Gasteiger partial charge in [-0.15, -0.1) is 0 Å². The Kier molecular flexibility index (Phi) is 6.27. The van der Waals surface area contributed by atoms with Crippen molar-refractivity contribution in [2.24, 2.45) is 5.73 Å². The molecule has 4 N–H and O–H groups in total. The number of halogens is 1. The summed E-state index contributed by atoms with van der Waals surface area (Å²) in [5, 5.41) is 12.1. The van der Waals surface area contributed by atoms with Crippen LogP contribution in [0.5, 0.6) is 0 Å². The number of hydrogen-bond donors (Lipinski definition) is 3. The van der Waals surface area contributed by atoms with Gasteiger partial charge in [-0.25, -0.2) is 4.39 Å². The van der Waals surface area contributed by atoms with Crippen LogP contribution in [0.25, 0.3) is 0 Å². The molecule has 1 unspecified atom stereocenters. The zero-order valence-corrected chi connectivity index (χ0v) is 9.93. The third-order valence-electron chi connectivity index (χ3n) is 2.20. The number of ether oxygens (including phenoxy) is 1. The van der Waals surface area contributed by atoms with E-state index < -0.39 is 12.0 Å². The number of carbonyl (C=O) groups excluding carboxylic acids is 1. The summed E-state index contributed by atoms with van der Waals surface area (Å²) in [4.78, 5) is 10.4. The van der Waals surface area contributed by atoms with Crippen molar-refractivity contribution in [2.75, 3.05) is 19.7 Å². The summed E-state index contributed by atoms with van der Waals surface area (Å²) >= 11 is 0. The van der Waals surface area contributed by atoms with Gasteiger partial charge in [0.2, 0.25) is 5.91 Å². The Morgan fingerprint density at radius 1 is 1.50 bits per heavy atom. The molecular formula is C12H17FN2O3. The molecule has 1 aromatic rings. The van der Waals surface area contributed by atoms with Gasteiger partial charge in [0.1, 0.15) is 5.82 Å². The summed E-state index contributed by atoms with van der Waals surface area (Å²) < 4.78 is 18.4. The minimum absolute atomic E-state index is 0.00434. The summed E-state index contributed by atoms with van der Waals surface area (Å²) in [6.45, 7) is 0.351. The Morgan fingerprint density at radius 2 is 2.22 bits per heavy atom. The normalized spacial score (nSPS) is 12.3. The molecule has 0 heterocycles. The second-order valence-electron chi connectivity index (χ2n) is 3.86. The largest absolute Gasteiger partial charge is 0.389 e. The molecule has 1 aromatic carbocycles. The minimum atomic E-state index is -0.767. The molecule has 6 heteroatoms. The van der Waals surface area contributed by atoms with Crippen LogP contribution in [0.3, 0.4) is 0 Å². The molecular weight excluding hydrogens is 239 g/mol. The van der Waals surface area contributed by atoms with E-state index in [0.717, 1.165) is 0 Å². The molecule has 0 bridgehead atoms. The molecule has 1 amide bonds. The van der Waals surface area contributed by atoms with E-state index in [1.807, 2.05) is 0 Å². The first-order valence-electron chi connectivity index (χ1n) is 5.58. The lowest BCUT2D eigenvalue weighted by Gasteiger charge is -2.11. The van der Waals surface area contributed by atoms with E-state index in [2.05, 4.69) is 5.32 Å². The average molecular weight is 256 g/mol. The lowest BCUT2D eigenvalue weighted by molar-refractivity contribution is -0.117. The Bertz CT molecular complexity index is 387. The SMILES string of the molecule is NC(=O)CNCC(O)COCc1ccccc1F. The van der Waals surface area contributed by atoms with E-state index >= 15 is 0 Å². The lowest BCUT2D eigenvalue weighted by atomic mass is 10.2. The quantitative estimate of drug-likeness (QED) is 0.600. The number of nitrogens with two attached hydrogens (primary N) is 1. The van der Waals surface area contributed by atoms with E-state index in [4.69, 9.17) is 10.5 Å². The fraction of sp³-hybridized carbons (Fsp3) is 0.417. The summed E-state index contributed by atoms with van der Waals surface area (Å²) in [5.74, 6) is -0.826. The molecule has 0 saturated heterocycles. The van der Waals surface area contributed by atoms with Crippen molar-refractivity contribution in [1.82, 2.24) is 5.32 Å². The highest BCUT2D eigenvalue weighted by atomic mass is 19.1. The van der Waals surface area contributed by atoms with Crippen molar-refractivity contribution in [2.45, 2.75) is 12.7 Å². The predicted octanol–water partition coefficient (Wildman–Crippen LogP) is -0.222. The van der Waals surface area contributed by atoms with Crippen molar-refractivity contribution >= 4 is 5.91 Å². The van der Waals surface area contributed by atoms with Gasteiger partial charge in [-0.2, -0.15) is 0 Å². The molecule has 0 aliphatic rings. The highest BCUT2D eigenvalue weighted by Crippen LogP contribution is 2.07. The molecule has 0 aromatic heterocycles. The zero-order chi connectivity index (χ0) is 13.4. The molecule has 0 aliphatic heterocycles. The van der Waals surface area contributed by atoms with Gasteiger partial charge in [0.05, 0.1) is 25.9 Å². The van der Waals surface area contributed by atoms with Gasteiger partial charge in [-0.05, 0) is 6.07 Å². The number of amides is 1. The van der Waals surface area contributed by atoms with Gasteiger partial charge in [0.25, 0.3) is 0 Å². The number of aliphatic hydroxyl groups is 1. The number of primary amides is 1. The minimum Gasteiger partial charge on any atom is -0.389 e. The first kappa shape index (κ1) is 14.6. The van der Waals surface area contributed by atoms with E-state index in [-0.39, 0.29) is 32.1 Å². The highest BCUT2D eigenvalue weighted by Gasteiger charge is 2.06. The van der Waals surface area contributed by atoms with Crippen molar-refractivity contribution in [3.63, 3.8) is 0 Å². The number of benzene rings is 1. The Labute approximate surface area is 105 Å². The number of carbonyl (C=O) groups is 1. The van der Waals surface area contributed by atoms with Crippen molar-refractivity contribution in [3.05, 3.63) is 35.6 Å². The Balaban J connectivity index is 2.17. The van der Waals surface area contributed by atoms with E-state index in [9.17, 15) is 14.3 Å². The molecule has 0 spiro atoms. The van der Waals surface area contributed by atoms with Gasteiger partial charge < -0.3 is 20.9 Å². The average Bonchev–Trinajstić information content (AvgIpc) is 2.31. The summed E-state index contributed by atoms with van der Waals surface area (Å²) in [7, 11) is 0. The first-order valence-corrected chi connectivity index (χ1v) is 5.58. The Morgan fingerprint density at radius 3 is 2.89 bits per heavy atom. The number of hydrogen-bond acceptors (Lipinski definition) is 4. The topological polar surface area (TPSA) is 84.6 Å². The number of rotatable bonds is 8. The van der Waals surface area contributed by atoms with Crippen LogP contribution in [-0.2, 0) is 16.1 Å². The van der Waals surface area contributed by atoms with E-state index in [1.165, 1.54) is 6.07 Å². The number of nitrogens with one attached hydrogen (secondary N) is 1. The van der Waals surface area contributed by atoms with Crippen LogP contribution >= 0.6 is 0 Å². The van der Waals surface area contributed by atoms with Gasteiger partial charge in [-0.3, -0.25) is 4.79 Å². The van der Waals surface area contributed by atoms with Crippen LogP contribution in [0.1, 0.15) is 5.56 Å². The van der Waals surface area contributed by atoms with Crippen molar-refractivity contribution in [3.8, 4) is 0 Å². The molecule has 1 rings (SSSR count). The number of aliphatic hydroxyl groups excluding tert-OH is 1. The van der Waals surface area contributed by atoms with Gasteiger partial charge >= 0.3 is 0 Å². The zero-order valence-electron chi connectivity index (χ0n) is 9.93. The van der Waals surface area contributed by atoms with Gasteiger partial charge in [0, 0.05) is 12.1 Å². The second-order valence-corrected chi connectivity index (χ2v) is 3.86. The van der Waals surface area contributed by atoms with Gasteiger partial charge in [0.15, 0.2) is 0 Å². The second kappa shape index (κ2) is 7.75. The molecule has 0 radical (unpaired) electrons. The Hall–Kier alpha value is -1.50. The van der Waals surface area contributed by atoms with Crippen LogP contribution in [0, 0.1) is 5.82 Å². The van der Waals surface area contributed by atoms with Crippen LogP contribution in [0.15, 0.2) is 24.3 Å². The van der Waals surface area contributed by atoms with E-state index in [0.29, 0.717) is 5.56 Å². The smallest absolute Gasteiger partial charge is 0.231 e. The van der Waals surface area contributed by atoms with Crippen LogP contribution in [0.4, 0.5) is 4.39 Å². The predicted molar refractivity (Wildman–Crippen MR) is 64.1 cm³/mol. The molecule has 0 fully saturated rings. The van der Waals surface area contributed by atoms with Crippen molar-refractivity contribution < 1.29 is 19.0 Å². The van der Waals surface area contributed by atoms with Crippen LogP contribution in [0.2, 0.25) is 0 Å². The summed E-state index contributed by atoms with van der Waals surface area (Å²) in [6.07, 6.45) is -0.767. The van der Waals surface area contributed by atoms with E-state index in [1.54, 1.807) is 18.2 Å². The maximum Gasteiger partial charge on any atom is 0.231 e. The van der Waals surface area contributed by atoms with Crippen LogP contribution in [-0.4, -0.2) is 36.8 Å². The third kappa shape index (κ3) is 5.72. The van der Waals surface area contributed by atoms with Crippen LogP contribution < -0.4 is 11.1 Å². The molecule has 18 heavy (non-hydrogen) atoms. The first-order chi connectivity index (χ1) is 8.59. The standard InChI is InChI=1S/C12H17FN2O3/c13-11-4-2-1-3-9(11)7-18-8-10(16)5-15-6-12(14)17/h1-4,10,15-16H,5-8H2,(H2,14,17). The maximum absolute atomic E-state index is 13.2. The lowest BCUT2D eigenvalue weighted by Crippen LogP contribution is -2.36. The monoisotopic (exact) mass is 256 g/mol. The summed E-state index contributed by atoms with van der Waals surface area (Å²) in [5.41, 5.74) is 5.36. The van der Waals surface area contributed by atoms with Crippen molar-refractivity contribution in [1.29, 1.82) is 0 Å².